The van der Waals surface area contributed by atoms with E-state index in [0.29, 0.717) is 28.9 Å². The number of nitrogens with one attached hydrogen (secondary N) is 2. The van der Waals surface area contributed by atoms with E-state index in [2.05, 4.69) is 20.6 Å². The second kappa shape index (κ2) is 11.6. The first-order valence-electron chi connectivity index (χ1n) is 10.2. The van der Waals surface area contributed by atoms with Gasteiger partial charge in [0.2, 0.25) is 5.91 Å². The van der Waals surface area contributed by atoms with Crippen LogP contribution in [0.3, 0.4) is 0 Å². The number of carbonyl (C=O) groups is 1. The SMILES string of the molecule is COc1cc2ncnc(Nc3ccc(F)c(Cl)c3F)c2cc1OCCNC(=O)C=CCN(C)C. The average Bonchev–Trinajstić information content (AvgIpc) is 2.81. The number of hydrogen-bond donors (Lipinski definition) is 2. The fourth-order valence-electron chi connectivity index (χ4n) is 2.95. The number of fused-ring (bicyclic) bond motifs is 1. The first kappa shape index (κ1) is 25.1. The summed E-state index contributed by atoms with van der Waals surface area (Å²) < 4.78 is 39.0. The summed E-state index contributed by atoms with van der Waals surface area (Å²) in [7, 11) is 5.30. The number of hydrogen-bond acceptors (Lipinski definition) is 7. The molecule has 0 atom stereocenters. The Morgan fingerprint density at radius 2 is 2.00 bits per heavy atom. The fraction of sp³-hybridized carbons (Fsp3) is 0.261. The van der Waals surface area contributed by atoms with E-state index in [1.165, 1.54) is 25.6 Å². The molecule has 0 spiro atoms. The molecule has 0 fully saturated rings. The number of aromatic nitrogens is 2. The summed E-state index contributed by atoms with van der Waals surface area (Å²) in [6.07, 6.45) is 4.52. The van der Waals surface area contributed by atoms with Gasteiger partial charge in [-0.1, -0.05) is 17.7 Å². The molecule has 0 aliphatic carbocycles. The van der Waals surface area contributed by atoms with E-state index in [9.17, 15) is 13.6 Å². The molecule has 0 unspecified atom stereocenters. The van der Waals surface area contributed by atoms with Crippen LogP contribution in [0, 0.1) is 11.6 Å². The van der Waals surface area contributed by atoms with Gasteiger partial charge in [-0.15, -0.1) is 0 Å². The molecule has 0 saturated heterocycles. The van der Waals surface area contributed by atoms with Gasteiger partial charge in [-0.05, 0) is 32.3 Å². The van der Waals surface area contributed by atoms with E-state index < -0.39 is 16.7 Å². The molecular weight excluding hydrogens is 468 g/mol. The van der Waals surface area contributed by atoms with Gasteiger partial charge < -0.3 is 25.0 Å². The van der Waals surface area contributed by atoms with Crippen molar-refractivity contribution in [1.82, 2.24) is 20.2 Å². The Bertz CT molecular complexity index is 1210. The lowest BCUT2D eigenvalue weighted by Crippen LogP contribution is -2.26. The molecule has 2 aromatic carbocycles. The molecule has 0 aliphatic heterocycles. The van der Waals surface area contributed by atoms with Crippen LogP contribution in [-0.4, -0.2) is 61.7 Å². The first-order chi connectivity index (χ1) is 16.3. The number of benzene rings is 2. The number of rotatable bonds is 10. The Hall–Kier alpha value is -3.50. The highest BCUT2D eigenvalue weighted by molar-refractivity contribution is 6.31. The minimum Gasteiger partial charge on any atom is -0.493 e. The summed E-state index contributed by atoms with van der Waals surface area (Å²) in [4.78, 5) is 22.2. The predicted molar refractivity (Wildman–Crippen MR) is 127 cm³/mol. The molecule has 1 heterocycles. The van der Waals surface area contributed by atoms with Crippen molar-refractivity contribution in [1.29, 1.82) is 0 Å². The van der Waals surface area contributed by atoms with Crippen molar-refractivity contribution in [2.75, 3.05) is 46.2 Å². The zero-order valence-electron chi connectivity index (χ0n) is 18.9. The predicted octanol–water partition coefficient (Wildman–Crippen LogP) is 3.93. The van der Waals surface area contributed by atoms with Crippen molar-refractivity contribution in [2.45, 2.75) is 0 Å². The van der Waals surface area contributed by atoms with Crippen LogP contribution in [0.2, 0.25) is 5.02 Å². The van der Waals surface area contributed by atoms with Crippen molar-refractivity contribution in [3.05, 3.63) is 59.4 Å². The van der Waals surface area contributed by atoms with Crippen LogP contribution in [0.4, 0.5) is 20.3 Å². The van der Waals surface area contributed by atoms with Gasteiger partial charge in [0, 0.05) is 24.1 Å². The van der Waals surface area contributed by atoms with Crippen LogP contribution in [-0.2, 0) is 4.79 Å². The Morgan fingerprint density at radius 1 is 1.21 bits per heavy atom. The average molecular weight is 492 g/mol. The van der Waals surface area contributed by atoms with Crippen molar-refractivity contribution < 1.29 is 23.0 Å². The molecule has 0 radical (unpaired) electrons. The van der Waals surface area contributed by atoms with E-state index in [4.69, 9.17) is 21.1 Å². The Kier molecular flexibility index (Phi) is 8.55. The minimum absolute atomic E-state index is 0.0466. The number of amides is 1. The van der Waals surface area contributed by atoms with Gasteiger partial charge in [-0.3, -0.25) is 4.79 Å². The molecule has 1 aromatic heterocycles. The maximum Gasteiger partial charge on any atom is 0.243 e. The van der Waals surface area contributed by atoms with Gasteiger partial charge in [0.1, 0.15) is 29.6 Å². The highest BCUT2D eigenvalue weighted by Gasteiger charge is 2.16. The topological polar surface area (TPSA) is 88.6 Å². The molecule has 1 amide bonds. The molecule has 8 nitrogen and oxygen atoms in total. The van der Waals surface area contributed by atoms with Gasteiger partial charge >= 0.3 is 0 Å². The van der Waals surface area contributed by atoms with Crippen molar-refractivity contribution in [2.24, 2.45) is 0 Å². The third-order valence-corrected chi connectivity index (χ3v) is 4.95. The zero-order valence-corrected chi connectivity index (χ0v) is 19.6. The maximum atomic E-state index is 14.4. The third kappa shape index (κ3) is 6.30. The second-order valence-electron chi connectivity index (χ2n) is 7.39. The summed E-state index contributed by atoms with van der Waals surface area (Å²) in [6.45, 7) is 1.10. The van der Waals surface area contributed by atoms with E-state index in [-0.39, 0.29) is 30.6 Å². The highest BCUT2D eigenvalue weighted by Crippen LogP contribution is 2.35. The number of carbonyl (C=O) groups excluding carboxylic acids is 1. The van der Waals surface area contributed by atoms with Crippen LogP contribution in [0.5, 0.6) is 11.5 Å². The lowest BCUT2D eigenvalue weighted by atomic mass is 10.2. The van der Waals surface area contributed by atoms with Crippen LogP contribution in [0.15, 0.2) is 42.7 Å². The first-order valence-corrected chi connectivity index (χ1v) is 10.6. The highest BCUT2D eigenvalue weighted by atomic mass is 35.5. The Labute approximate surface area is 200 Å². The van der Waals surface area contributed by atoms with Crippen LogP contribution in [0.25, 0.3) is 10.9 Å². The number of anilines is 2. The largest absolute Gasteiger partial charge is 0.493 e. The summed E-state index contributed by atoms with van der Waals surface area (Å²) >= 11 is 5.67. The van der Waals surface area contributed by atoms with Gasteiger partial charge in [0.15, 0.2) is 17.3 Å². The van der Waals surface area contributed by atoms with E-state index in [1.54, 1.807) is 18.2 Å². The maximum absolute atomic E-state index is 14.4. The van der Waals surface area contributed by atoms with E-state index in [0.717, 1.165) is 6.07 Å². The Morgan fingerprint density at radius 3 is 2.74 bits per heavy atom. The molecule has 34 heavy (non-hydrogen) atoms. The van der Waals surface area contributed by atoms with E-state index >= 15 is 0 Å². The molecule has 180 valence electrons. The van der Waals surface area contributed by atoms with E-state index in [1.807, 2.05) is 19.0 Å². The zero-order chi connectivity index (χ0) is 24.7. The fourth-order valence-corrected chi connectivity index (χ4v) is 3.12. The van der Waals surface area contributed by atoms with Crippen LogP contribution < -0.4 is 20.1 Å². The standard InChI is InChI=1S/C23H24ClF2N5O3/c1-31(2)9-4-5-20(32)27-8-10-34-19-11-14-17(12-18(19)33-3)28-13-29-23(14)30-16-7-6-15(25)21(24)22(16)26/h4-7,11-13H,8-10H2,1-3H3,(H,27,32)(H,28,29,30). The number of ether oxygens (including phenoxy) is 2. The smallest absolute Gasteiger partial charge is 0.243 e. The van der Waals surface area contributed by atoms with Gasteiger partial charge in [-0.2, -0.15) is 0 Å². The lowest BCUT2D eigenvalue weighted by molar-refractivity contribution is -0.116. The lowest BCUT2D eigenvalue weighted by Gasteiger charge is -2.14. The number of nitrogens with zero attached hydrogens (tertiary/aromatic N) is 3. The Balaban J connectivity index is 1.76. The van der Waals surface area contributed by atoms with Gasteiger partial charge in [0.05, 0.1) is 24.9 Å². The van der Waals surface area contributed by atoms with Crippen molar-refractivity contribution in [3.8, 4) is 11.5 Å². The quantitative estimate of drug-likeness (QED) is 0.252. The van der Waals surface area contributed by atoms with Crippen molar-refractivity contribution in [3.63, 3.8) is 0 Å². The number of methoxy groups -OCH3 is 1. The molecule has 11 heteroatoms. The normalized spacial score (nSPS) is 11.3. The molecule has 0 aliphatic rings. The summed E-state index contributed by atoms with van der Waals surface area (Å²) in [5, 5.41) is 5.44. The molecule has 3 rings (SSSR count). The minimum atomic E-state index is -0.936. The van der Waals surface area contributed by atoms with Crippen LogP contribution in [0.1, 0.15) is 0 Å². The number of likely N-dealkylation sites (N-methyl/N-ethyl adjacent to an activating group) is 1. The molecule has 2 N–H and O–H groups in total. The summed E-state index contributed by atoms with van der Waals surface area (Å²) in [5.41, 5.74) is 0.462. The third-order valence-electron chi connectivity index (χ3n) is 4.61. The molecule has 3 aromatic rings. The van der Waals surface area contributed by atoms with Crippen molar-refractivity contribution >= 4 is 39.9 Å². The summed E-state index contributed by atoms with van der Waals surface area (Å²) in [6, 6.07) is 5.56. The molecular formula is C23H24ClF2N5O3. The molecule has 0 saturated carbocycles. The molecule has 0 bridgehead atoms. The van der Waals surface area contributed by atoms with Crippen LogP contribution >= 0.6 is 11.6 Å². The number of halogens is 3. The second-order valence-corrected chi connectivity index (χ2v) is 7.77. The monoisotopic (exact) mass is 491 g/mol. The van der Waals surface area contributed by atoms with Gasteiger partial charge in [-0.25, -0.2) is 18.7 Å². The van der Waals surface area contributed by atoms with Gasteiger partial charge in [0.25, 0.3) is 0 Å². The summed E-state index contributed by atoms with van der Waals surface area (Å²) in [5.74, 6) is -0.964.